The van der Waals surface area contributed by atoms with Gasteiger partial charge in [-0.1, -0.05) is 6.42 Å². The van der Waals surface area contributed by atoms with Crippen LogP contribution in [0, 0.1) is 5.92 Å². The Balaban J connectivity index is 0. The second kappa shape index (κ2) is 9.69. The van der Waals surface area contributed by atoms with Crippen LogP contribution in [0.4, 0.5) is 0 Å². The molecule has 0 amide bonds. The maximum atomic E-state index is 10.8. The molecule has 2 nitrogen and oxygen atoms in total. The molecule has 0 aliphatic heterocycles. The second-order valence-electron chi connectivity index (χ2n) is 2.90. The minimum Gasteiger partial charge on any atom is -0.334 e. The Kier molecular flexibility index (Phi) is 12.2. The van der Waals surface area contributed by atoms with Crippen LogP contribution in [0.2, 0.25) is 0 Å². The van der Waals surface area contributed by atoms with Gasteiger partial charge in [-0.15, -0.1) is 0 Å². The van der Waals surface area contributed by atoms with Gasteiger partial charge in [0, 0.05) is 32.7 Å². The van der Waals surface area contributed by atoms with Gasteiger partial charge in [0.05, 0.1) is 0 Å². The van der Waals surface area contributed by atoms with E-state index in [0.717, 1.165) is 31.7 Å². The molecule has 3 heteroatoms. The van der Waals surface area contributed by atoms with E-state index >= 15 is 0 Å². The molecule has 0 saturated carbocycles. The first-order valence-electron chi connectivity index (χ1n) is 4.16. The van der Waals surface area contributed by atoms with Gasteiger partial charge in [-0.2, -0.15) is 13.3 Å². The number of unbranched alkanes of at least 4 members (excludes halogenated alkanes) is 1. The molecular weight excluding hydrogens is 227 g/mol. The van der Waals surface area contributed by atoms with Crippen molar-refractivity contribution < 1.29 is 37.5 Å². The first kappa shape index (κ1) is 15.1. The summed E-state index contributed by atoms with van der Waals surface area (Å²) in [5.74, 6) is 1.23. The Bertz CT molecular complexity index is 117. The molecule has 0 aliphatic rings. The third-order valence-corrected chi connectivity index (χ3v) is 1.83. The van der Waals surface area contributed by atoms with E-state index in [4.69, 9.17) is 0 Å². The molecule has 12 heavy (non-hydrogen) atoms. The molecule has 0 aromatic rings. The van der Waals surface area contributed by atoms with Gasteiger partial charge in [-0.3, -0.25) is 0 Å². The Labute approximate surface area is 101 Å². The van der Waals surface area contributed by atoms with Crippen molar-refractivity contribution in [3.05, 3.63) is 5.92 Å². The quantitative estimate of drug-likeness (QED) is 0.568. The molecule has 0 rings (SSSR count). The molecular formula is C9H18NOY-. The number of carbonyl (C=O) groups is 1. The van der Waals surface area contributed by atoms with Crippen LogP contribution in [0.1, 0.15) is 33.1 Å². The second-order valence-corrected chi connectivity index (χ2v) is 2.90. The molecule has 0 fully saturated rings. The van der Waals surface area contributed by atoms with Crippen molar-refractivity contribution in [2.45, 2.75) is 33.1 Å². The topological polar surface area (TPSA) is 29.1 Å². The van der Waals surface area contributed by atoms with E-state index in [9.17, 15) is 4.79 Å². The van der Waals surface area contributed by atoms with Crippen LogP contribution in [0.5, 0.6) is 0 Å². The fraction of sp³-hybridized carbons (Fsp3) is 0.778. The molecule has 1 radical (unpaired) electrons. The zero-order valence-electron chi connectivity index (χ0n) is 8.31. The van der Waals surface area contributed by atoms with E-state index in [-0.39, 0.29) is 38.5 Å². The first-order chi connectivity index (χ1) is 5.18. The number of nitrogens with one attached hydrogen (secondary N) is 1. The molecule has 0 heterocycles. The normalized spacial score (nSPS) is 8.92. The van der Waals surface area contributed by atoms with Gasteiger partial charge in [-0.05, 0) is 32.7 Å². The number of hydrogen-bond donors (Lipinski definition) is 1. The molecule has 0 aromatic carbocycles. The summed E-state index contributed by atoms with van der Waals surface area (Å²) < 4.78 is 0. The van der Waals surface area contributed by atoms with Crippen molar-refractivity contribution in [3.8, 4) is 0 Å². The summed E-state index contributed by atoms with van der Waals surface area (Å²) in [6, 6.07) is 0. The maximum Gasteiger partial charge on any atom is 0 e. The van der Waals surface area contributed by atoms with Gasteiger partial charge in [0.2, 0.25) is 0 Å². The van der Waals surface area contributed by atoms with Gasteiger partial charge < -0.3 is 16.0 Å². The van der Waals surface area contributed by atoms with Gasteiger partial charge in [0.25, 0.3) is 0 Å². The van der Waals surface area contributed by atoms with Gasteiger partial charge >= 0.3 is 0 Å². The first-order valence-corrected chi connectivity index (χ1v) is 4.16. The number of carbonyl (C=O) groups excluding carboxylic acids is 1. The summed E-state index contributed by atoms with van der Waals surface area (Å²) in [4.78, 5) is 10.8. The molecule has 0 spiro atoms. The molecule has 1 N–H and O–H groups in total. The zero-order valence-corrected chi connectivity index (χ0v) is 11.2. The van der Waals surface area contributed by atoms with E-state index < -0.39 is 0 Å². The van der Waals surface area contributed by atoms with Crippen LogP contribution in [0.15, 0.2) is 0 Å². The average Bonchev–Trinajstić information content (AvgIpc) is 1.97. The Hall–Kier alpha value is 0.604. The van der Waals surface area contributed by atoms with E-state index in [1.807, 2.05) is 14.0 Å². The van der Waals surface area contributed by atoms with Crippen molar-refractivity contribution in [3.63, 3.8) is 0 Å². The summed E-state index contributed by atoms with van der Waals surface area (Å²) in [5, 5.41) is 3.08. The number of ketones is 1. The van der Waals surface area contributed by atoms with Crippen LogP contribution >= 0.6 is 0 Å². The van der Waals surface area contributed by atoms with Crippen LogP contribution in [-0.2, 0) is 37.5 Å². The predicted octanol–water partition coefficient (Wildman–Crippen LogP) is 1.56. The van der Waals surface area contributed by atoms with Gasteiger partial charge in [0.15, 0.2) is 0 Å². The average molecular weight is 245 g/mol. The number of hydrogen-bond acceptors (Lipinski definition) is 2. The summed E-state index contributed by atoms with van der Waals surface area (Å²) in [6.45, 7) is 4.60. The Morgan fingerprint density at radius 1 is 1.42 bits per heavy atom. The minimum absolute atomic E-state index is 0. The van der Waals surface area contributed by atoms with Crippen molar-refractivity contribution >= 4 is 5.78 Å². The van der Waals surface area contributed by atoms with Crippen molar-refractivity contribution in [2.75, 3.05) is 13.6 Å². The largest absolute Gasteiger partial charge is 0.334 e. The minimum atomic E-state index is 0. The molecule has 0 aliphatic carbocycles. The predicted molar refractivity (Wildman–Crippen MR) is 47.4 cm³/mol. The maximum absolute atomic E-state index is 10.8. The molecule has 0 atom stereocenters. The van der Waals surface area contributed by atoms with Crippen molar-refractivity contribution in [1.29, 1.82) is 0 Å². The van der Waals surface area contributed by atoms with Crippen LogP contribution in [-0.4, -0.2) is 19.4 Å². The summed E-state index contributed by atoms with van der Waals surface area (Å²) in [5.41, 5.74) is 0. The fourth-order valence-electron chi connectivity index (χ4n) is 0.868. The standard InChI is InChI=1S/C9H18NO.Y/c1-8(9(2)11)6-4-5-7-10-3;/h10H,4-7H2,1-3H3;/q-1;. The van der Waals surface area contributed by atoms with Crippen molar-refractivity contribution in [2.24, 2.45) is 0 Å². The number of Topliss-reactive ketones (excluding diaryl/α,β-unsaturated/α-hetero) is 1. The van der Waals surface area contributed by atoms with Crippen molar-refractivity contribution in [1.82, 2.24) is 5.32 Å². The van der Waals surface area contributed by atoms with E-state index in [1.54, 1.807) is 6.92 Å². The molecule has 0 bridgehead atoms. The van der Waals surface area contributed by atoms with Gasteiger partial charge in [-0.25, -0.2) is 0 Å². The van der Waals surface area contributed by atoms with Gasteiger partial charge in [0.1, 0.15) is 0 Å². The van der Waals surface area contributed by atoms with Crippen LogP contribution < -0.4 is 5.32 Å². The molecule has 0 unspecified atom stereocenters. The third-order valence-electron chi connectivity index (χ3n) is 1.83. The molecule has 69 valence electrons. The SMILES string of the molecule is CNCCCC[C-](C)C(C)=O.[Y]. The van der Waals surface area contributed by atoms with Crippen LogP contribution in [0.25, 0.3) is 0 Å². The fourth-order valence-corrected chi connectivity index (χ4v) is 0.868. The molecule has 0 saturated heterocycles. The third kappa shape index (κ3) is 8.70. The van der Waals surface area contributed by atoms with Crippen LogP contribution in [0.3, 0.4) is 0 Å². The molecule has 0 aromatic heterocycles. The monoisotopic (exact) mass is 245 g/mol. The Morgan fingerprint density at radius 2 is 2.00 bits per heavy atom. The zero-order chi connectivity index (χ0) is 8.69. The number of rotatable bonds is 6. The Morgan fingerprint density at radius 3 is 2.42 bits per heavy atom. The van der Waals surface area contributed by atoms with E-state index in [0.29, 0.717) is 0 Å². The summed E-state index contributed by atoms with van der Waals surface area (Å²) in [6.07, 6.45) is 3.23. The van der Waals surface area contributed by atoms with E-state index in [1.165, 1.54) is 0 Å². The summed E-state index contributed by atoms with van der Waals surface area (Å²) in [7, 11) is 1.95. The van der Waals surface area contributed by atoms with E-state index in [2.05, 4.69) is 5.32 Å². The summed E-state index contributed by atoms with van der Waals surface area (Å²) >= 11 is 0. The smallest absolute Gasteiger partial charge is 0 e.